The van der Waals surface area contributed by atoms with Gasteiger partial charge in [0.1, 0.15) is 0 Å². The molecule has 0 saturated heterocycles. The van der Waals surface area contributed by atoms with Gasteiger partial charge < -0.3 is 11.3 Å². The summed E-state index contributed by atoms with van der Waals surface area (Å²) >= 11 is 1.64. The Balaban J connectivity index is 0.000000490. The van der Waals surface area contributed by atoms with Crippen LogP contribution in [0.15, 0.2) is 11.4 Å². The molecule has 1 aromatic heterocycles. The van der Waals surface area contributed by atoms with Crippen molar-refractivity contribution >= 4 is 11.3 Å². The zero-order valence-corrected chi connectivity index (χ0v) is 7.15. The van der Waals surface area contributed by atoms with Crippen LogP contribution in [-0.4, -0.2) is 0 Å². The molecular weight excluding hydrogens is 152 g/mol. The Labute approximate surface area is 68.8 Å². The van der Waals surface area contributed by atoms with Crippen molar-refractivity contribution < 1.29 is 21.7 Å². The molecule has 0 aliphatic rings. The van der Waals surface area contributed by atoms with Gasteiger partial charge in [0.05, 0.1) is 0 Å². The molecule has 1 heterocycles. The first-order valence-corrected chi connectivity index (χ1v) is 3.25. The van der Waals surface area contributed by atoms with Gasteiger partial charge >= 0.3 is 0 Å². The zero-order valence-electron chi connectivity index (χ0n) is 4.77. The minimum Gasteiger partial charge on any atom is -0.304 e. The number of aryl methyl sites for hydroxylation is 1. The van der Waals surface area contributed by atoms with Crippen LogP contribution in [0.3, 0.4) is 0 Å². The summed E-state index contributed by atoms with van der Waals surface area (Å²) in [4.78, 5) is 0. The molecule has 0 nitrogen and oxygen atoms in total. The second kappa shape index (κ2) is 4.31. The van der Waals surface area contributed by atoms with Crippen molar-refractivity contribution in [3.8, 4) is 0 Å². The molecular formula is C6H7STi-. The minimum atomic E-state index is 0. The standard InChI is InChI=1S/C6H7S.Ti/c1-2-6-3-4-7-5-6;/h3,5H,2H2,1H3;/q-1;. The van der Waals surface area contributed by atoms with Crippen LogP contribution in [0.5, 0.6) is 0 Å². The fraction of sp³-hybridized carbons (Fsp3) is 0.333. The first kappa shape index (κ1) is 8.41. The van der Waals surface area contributed by atoms with E-state index in [2.05, 4.69) is 17.7 Å². The molecule has 0 unspecified atom stereocenters. The number of hydrogen-bond acceptors (Lipinski definition) is 1. The van der Waals surface area contributed by atoms with E-state index in [1.807, 2.05) is 6.07 Å². The third-order valence-corrected chi connectivity index (χ3v) is 1.61. The Morgan fingerprint density at radius 2 is 2.50 bits per heavy atom. The van der Waals surface area contributed by atoms with E-state index in [1.165, 1.54) is 5.56 Å². The molecule has 0 spiro atoms. The molecule has 0 N–H and O–H groups in total. The quantitative estimate of drug-likeness (QED) is 0.434. The smallest absolute Gasteiger partial charge is 0 e. The summed E-state index contributed by atoms with van der Waals surface area (Å²) < 4.78 is 0. The van der Waals surface area contributed by atoms with Gasteiger partial charge in [-0.1, -0.05) is 13.3 Å². The Kier molecular flexibility index (Phi) is 4.53. The molecule has 2 heteroatoms. The van der Waals surface area contributed by atoms with Crippen LogP contribution < -0.4 is 0 Å². The summed E-state index contributed by atoms with van der Waals surface area (Å²) in [7, 11) is 0. The average molecular weight is 159 g/mol. The molecule has 0 saturated carbocycles. The summed E-state index contributed by atoms with van der Waals surface area (Å²) in [5, 5.41) is 5.15. The molecule has 42 valence electrons. The number of hydrogen-bond donors (Lipinski definition) is 0. The molecule has 0 fully saturated rings. The van der Waals surface area contributed by atoms with Crippen LogP contribution in [0.25, 0.3) is 0 Å². The number of rotatable bonds is 1. The molecule has 0 amide bonds. The Morgan fingerprint density at radius 3 is 2.75 bits per heavy atom. The van der Waals surface area contributed by atoms with E-state index < -0.39 is 0 Å². The van der Waals surface area contributed by atoms with Crippen LogP contribution in [0.4, 0.5) is 0 Å². The fourth-order valence-corrected chi connectivity index (χ4v) is 1.11. The molecule has 0 radical (unpaired) electrons. The first-order valence-electron chi connectivity index (χ1n) is 2.37. The van der Waals surface area contributed by atoms with Gasteiger partial charge in [-0.15, -0.1) is 5.38 Å². The third-order valence-electron chi connectivity index (χ3n) is 0.931. The summed E-state index contributed by atoms with van der Waals surface area (Å²) in [6, 6.07) is 2.03. The Hall–Kier alpha value is 0.414. The van der Waals surface area contributed by atoms with E-state index in [9.17, 15) is 0 Å². The monoisotopic (exact) mass is 159 g/mol. The van der Waals surface area contributed by atoms with E-state index in [-0.39, 0.29) is 21.7 Å². The largest absolute Gasteiger partial charge is 0.304 e. The molecule has 1 aromatic rings. The SMILES string of the molecule is CCc1c[c-]sc1.[Ti]. The molecule has 8 heavy (non-hydrogen) atoms. The Bertz CT molecular complexity index is 123. The van der Waals surface area contributed by atoms with Crippen LogP contribution in [-0.2, 0) is 28.1 Å². The molecule has 0 aromatic carbocycles. The third kappa shape index (κ3) is 2.12. The van der Waals surface area contributed by atoms with Gasteiger partial charge in [0.2, 0.25) is 0 Å². The van der Waals surface area contributed by atoms with Crippen LogP contribution in [0.2, 0.25) is 0 Å². The fourth-order valence-electron chi connectivity index (χ4n) is 0.439. The summed E-state index contributed by atoms with van der Waals surface area (Å²) in [6.45, 7) is 2.15. The maximum Gasteiger partial charge on any atom is 0 e. The van der Waals surface area contributed by atoms with Gasteiger partial charge in [-0.3, -0.25) is 0 Å². The predicted molar refractivity (Wildman–Crippen MR) is 32.5 cm³/mol. The van der Waals surface area contributed by atoms with Gasteiger partial charge in [0.15, 0.2) is 0 Å². The van der Waals surface area contributed by atoms with Crippen LogP contribution in [0, 0.1) is 5.38 Å². The van der Waals surface area contributed by atoms with Gasteiger partial charge in [-0.25, -0.2) is 0 Å². The van der Waals surface area contributed by atoms with Gasteiger partial charge in [-0.2, -0.15) is 17.0 Å². The first-order chi connectivity index (χ1) is 3.43. The van der Waals surface area contributed by atoms with Crippen molar-refractivity contribution in [2.24, 2.45) is 0 Å². The van der Waals surface area contributed by atoms with E-state index in [4.69, 9.17) is 0 Å². The maximum absolute atomic E-state index is 3.02. The van der Waals surface area contributed by atoms with Crippen molar-refractivity contribution in [2.45, 2.75) is 13.3 Å². The second-order valence-electron chi connectivity index (χ2n) is 1.43. The second-order valence-corrected chi connectivity index (χ2v) is 2.13. The average Bonchev–Trinajstić information content (AvgIpc) is 2.14. The zero-order chi connectivity index (χ0) is 5.11. The van der Waals surface area contributed by atoms with Gasteiger partial charge in [0.25, 0.3) is 0 Å². The van der Waals surface area contributed by atoms with Crippen molar-refractivity contribution in [1.82, 2.24) is 0 Å². The molecule has 0 aliphatic heterocycles. The van der Waals surface area contributed by atoms with Crippen molar-refractivity contribution in [3.05, 3.63) is 22.4 Å². The topological polar surface area (TPSA) is 0 Å². The molecule has 1 rings (SSSR count). The van der Waals surface area contributed by atoms with Crippen molar-refractivity contribution in [1.29, 1.82) is 0 Å². The Morgan fingerprint density at radius 1 is 1.75 bits per heavy atom. The summed E-state index contributed by atoms with van der Waals surface area (Å²) in [5.41, 5.74) is 1.39. The van der Waals surface area contributed by atoms with Crippen LogP contribution >= 0.6 is 11.3 Å². The normalized spacial score (nSPS) is 8.12. The minimum absolute atomic E-state index is 0. The maximum atomic E-state index is 3.02. The molecule has 0 bridgehead atoms. The van der Waals surface area contributed by atoms with E-state index in [1.54, 1.807) is 11.3 Å². The number of thiophene rings is 1. The summed E-state index contributed by atoms with van der Waals surface area (Å²) in [6.07, 6.45) is 1.14. The van der Waals surface area contributed by atoms with Crippen molar-refractivity contribution in [2.75, 3.05) is 0 Å². The summed E-state index contributed by atoms with van der Waals surface area (Å²) in [5.74, 6) is 0. The van der Waals surface area contributed by atoms with E-state index in [0.717, 1.165) is 6.42 Å². The van der Waals surface area contributed by atoms with E-state index >= 15 is 0 Å². The van der Waals surface area contributed by atoms with Gasteiger partial charge in [0, 0.05) is 21.7 Å². The van der Waals surface area contributed by atoms with Gasteiger partial charge in [-0.05, 0) is 0 Å². The van der Waals surface area contributed by atoms with E-state index in [0.29, 0.717) is 0 Å². The predicted octanol–water partition coefficient (Wildman–Crippen LogP) is 2.11. The molecule has 0 atom stereocenters. The van der Waals surface area contributed by atoms with Crippen LogP contribution in [0.1, 0.15) is 12.5 Å². The van der Waals surface area contributed by atoms with Crippen molar-refractivity contribution in [3.63, 3.8) is 0 Å². The molecule has 0 aliphatic carbocycles.